The molecule has 1 aliphatic heterocycles. The lowest BCUT2D eigenvalue weighted by molar-refractivity contribution is 0.444. The van der Waals surface area contributed by atoms with Crippen LogP contribution in [0.5, 0.6) is 0 Å². The largest absolute Gasteiger partial charge is 0.218 e. The molecule has 1 aromatic carbocycles. The molecule has 3 nitrogen and oxygen atoms in total. The maximum atomic E-state index is 12.4. The standard InChI is InChI=1S/C15H22ClNO2S/c1-2-4-13-7-8-17(11-13)20(18,19)12-15-6-3-5-14(9-15)10-16/h3,5-6,9,13H,2,4,7-8,10-12H2,1H3. The van der Waals surface area contributed by atoms with Gasteiger partial charge in [0, 0.05) is 19.0 Å². The minimum Gasteiger partial charge on any atom is -0.212 e. The number of alkyl halides is 1. The normalized spacial score (nSPS) is 20.4. The number of hydrogen-bond acceptors (Lipinski definition) is 2. The lowest BCUT2D eigenvalue weighted by Crippen LogP contribution is -2.30. The molecule has 0 amide bonds. The molecule has 0 bridgehead atoms. The highest BCUT2D eigenvalue weighted by molar-refractivity contribution is 7.88. The zero-order valence-electron chi connectivity index (χ0n) is 11.9. The Labute approximate surface area is 127 Å². The summed E-state index contributed by atoms with van der Waals surface area (Å²) >= 11 is 5.79. The van der Waals surface area contributed by atoms with E-state index in [1.165, 1.54) is 0 Å². The Bertz CT molecular complexity index is 545. The monoisotopic (exact) mass is 315 g/mol. The lowest BCUT2D eigenvalue weighted by atomic mass is 10.0. The van der Waals surface area contributed by atoms with Crippen LogP contribution in [0.25, 0.3) is 0 Å². The Kier molecular flexibility index (Phi) is 5.47. The van der Waals surface area contributed by atoms with E-state index in [4.69, 9.17) is 11.6 Å². The molecule has 0 saturated carbocycles. The van der Waals surface area contributed by atoms with Crippen molar-refractivity contribution in [2.24, 2.45) is 5.92 Å². The first-order chi connectivity index (χ1) is 9.55. The molecular weight excluding hydrogens is 294 g/mol. The van der Waals surface area contributed by atoms with Gasteiger partial charge < -0.3 is 0 Å². The third-order valence-corrected chi connectivity index (χ3v) is 5.96. The molecule has 0 aliphatic carbocycles. The van der Waals surface area contributed by atoms with Crippen molar-refractivity contribution in [3.8, 4) is 0 Å². The summed E-state index contributed by atoms with van der Waals surface area (Å²) < 4.78 is 26.5. The van der Waals surface area contributed by atoms with Gasteiger partial charge >= 0.3 is 0 Å². The quantitative estimate of drug-likeness (QED) is 0.755. The summed E-state index contributed by atoms with van der Waals surface area (Å²) in [7, 11) is -3.20. The Hall–Kier alpha value is -0.580. The molecule has 1 saturated heterocycles. The molecule has 1 unspecified atom stereocenters. The van der Waals surface area contributed by atoms with Gasteiger partial charge in [0.25, 0.3) is 0 Å². The topological polar surface area (TPSA) is 37.4 Å². The van der Waals surface area contributed by atoms with Crippen molar-refractivity contribution < 1.29 is 8.42 Å². The Morgan fingerprint density at radius 1 is 1.35 bits per heavy atom. The minimum atomic E-state index is -3.20. The summed E-state index contributed by atoms with van der Waals surface area (Å²) in [6, 6.07) is 7.51. The lowest BCUT2D eigenvalue weighted by Gasteiger charge is -2.16. The average Bonchev–Trinajstić information content (AvgIpc) is 2.88. The molecular formula is C15H22ClNO2S. The second-order valence-corrected chi connectivity index (χ2v) is 7.75. The summed E-state index contributed by atoms with van der Waals surface area (Å²) in [6.07, 6.45) is 3.23. The second-order valence-electron chi connectivity index (χ2n) is 5.51. The van der Waals surface area contributed by atoms with Crippen molar-refractivity contribution in [3.63, 3.8) is 0 Å². The highest BCUT2D eigenvalue weighted by Gasteiger charge is 2.30. The van der Waals surface area contributed by atoms with E-state index in [2.05, 4.69) is 6.92 Å². The highest BCUT2D eigenvalue weighted by atomic mass is 35.5. The van der Waals surface area contributed by atoms with Crippen LogP contribution in [0.2, 0.25) is 0 Å². The van der Waals surface area contributed by atoms with Crippen molar-refractivity contribution >= 4 is 21.6 Å². The molecule has 0 radical (unpaired) electrons. The predicted molar refractivity (Wildman–Crippen MR) is 83.2 cm³/mol. The SMILES string of the molecule is CCCC1CCN(S(=O)(=O)Cc2cccc(CCl)c2)C1. The summed E-state index contributed by atoms with van der Waals surface area (Å²) in [5.41, 5.74) is 1.78. The van der Waals surface area contributed by atoms with Gasteiger partial charge in [0.15, 0.2) is 0 Å². The van der Waals surface area contributed by atoms with Crippen LogP contribution in [-0.4, -0.2) is 25.8 Å². The number of sulfonamides is 1. The van der Waals surface area contributed by atoms with Crippen LogP contribution in [0.4, 0.5) is 0 Å². The predicted octanol–water partition coefficient (Wildman–Crippen LogP) is 3.38. The number of rotatable bonds is 6. The average molecular weight is 316 g/mol. The fraction of sp³-hybridized carbons (Fsp3) is 0.600. The van der Waals surface area contributed by atoms with Gasteiger partial charge in [0.2, 0.25) is 10.0 Å². The number of hydrogen-bond donors (Lipinski definition) is 0. The molecule has 2 rings (SSSR count). The first-order valence-corrected chi connectivity index (χ1v) is 9.31. The summed E-state index contributed by atoms with van der Waals surface area (Å²) in [6.45, 7) is 3.50. The van der Waals surface area contributed by atoms with Crippen molar-refractivity contribution in [2.45, 2.75) is 37.8 Å². The van der Waals surface area contributed by atoms with Crippen LogP contribution < -0.4 is 0 Å². The molecule has 1 atom stereocenters. The highest BCUT2D eigenvalue weighted by Crippen LogP contribution is 2.25. The van der Waals surface area contributed by atoms with E-state index < -0.39 is 10.0 Å². The van der Waals surface area contributed by atoms with E-state index in [0.29, 0.717) is 24.9 Å². The number of benzene rings is 1. The summed E-state index contributed by atoms with van der Waals surface area (Å²) in [4.78, 5) is 0. The summed E-state index contributed by atoms with van der Waals surface area (Å²) in [5.74, 6) is 1.02. The molecule has 0 N–H and O–H groups in total. The Morgan fingerprint density at radius 3 is 2.80 bits per heavy atom. The van der Waals surface area contributed by atoms with Gasteiger partial charge in [-0.15, -0.1) is 11.6 Å². The third-order valence-electron chi connectivity index (χ3n) is 3.83. The van der Waals surface area contributed by atoms with Gasteiger partial charge in [-0.25, -0.2) is 12.7 Å². The first-order valence-electron chi connectivity index (χ1n) is 7.16. The van der Waals surface area contributed by atoms with Crippen molar-refractivity contribution in [3.05, 3.63) is 35.4 Å². The fourth-order valence-corrected chi connectivity index (χ4v) is 4.57. The van der Waals surface area contributed by atoms with Crippen LogP contribution in [0, 0.1) is 5.92 Å². The molecule has 0 spiro atoms. The van der Waals surface area contributed by atoms with E-state index >= 15 is 0 Å². The van der Waals surface area contributed by atoms with Gasteiger partial charge in [-0.3, -0.25) is 0 Å². The number of nitrogens with zero attached hydrogens (tertiary/aromatic N) is 1. The zero-order valence-corrected chi connectivity index (χ0v) is 13.5. The molecule has 1 fully saturated rings. The van der Waals surface area contributed by atoms with Gasteiger partial charge in [-0.05, 0) is 29.9 Å². The number of halogens is 1. The van der Waals surface area contributed by atoms with E-state index in [9.17, 15) is 8.42 Å². The maximum Gasteiger partial charge on any atom is 0.218 e. The fourth-order valence-electron chi connectivity index (χ4n) is 2.80. The van der Waals surface area contributed by atoms with E-state index in [1.807, 2.05) is 24.3 Å². The van der Waals surface area contributed by atoms with Gasteiger partial charge in [0.1, 0.15) is 0 Å². The van der Waals surface area contributed by atoms with E-state index in [1.54, 1.807) is 4.31 Å². The van der Waals surface area contributed by atoms with E-state index in [-0.39, 0.29) is 5.75 Å². The molecule has 20 heavy (non-hydrogen) atoms. The molecule has 1 aromatic rings. The molecule has 1 aliphatic rings. The molecule has 0 aromatic heterocycles. The van der Waals surface area contributed by atoms with Crippen LogP contribution in [-0.2, 0) is 21.7 Å². The molecule has 112 valence electrons. The molecule has 1 heterocycles. The first kappa shape index (κ1) is 15.8. The zero-order chi connectivity index (χ0) is 14.6. The van der Waals surface area contributed by atoms with E-state index in [0.717, 1.165) is 30.4 Å². The maximum absolute atomic E-state index is 12.4. The van der Waals surface area contributed by atoms with Crippen LogP contribution >= 0.6 is 11.6 Å². The Balaban J connectivity index is 2.04. The van der Waals surface area contributed by atoms with Gasteiger partial charge in [-0.2, -0.15) is 0 Å². The van der Waals surface area contributed by atoms with Crippen molar-refractivity contribution in [1.82, 2.24) is 4.31 Å². The van der Waals surface area contributed by atoms with Crippen molar-refractivity contribution in [2.75, 3.05) is 13.1 Å². The molecule has 5 heteroatoms. The second kappa shape index (κ2) is 6.92. The van der Waals surface area contributed by atoms with Crippen LogP contribution in [0.15, 0.2) is 24.3 Å². The van der Waals surface area contributed by atoms with Crippen molar-refractivity contribution in [1.29, 1.82) is 0 Å². The minimum absolute atomic E-state index is 0.0799. The van der Waals surface area contributed by atoms with Gasteiger partial charge in [0.05, 0.1) is 5.75 Å². The van der Waals surface area contributed by atoms with Crippen LogP contribution in [0.3, 0.4) is 0 Å². The Morgan fingerprint density at radius 2 is 2.10 bits per heavy atom. The van der Waals surface area contributed by atoms with Crippen LogP contribution in [0.1, 0.15) is 37.3 Å². The smallest absolute Gasteiger partial charge is 0.212 e. The van der Waals surface area contributed by atoms with Gasteiger partial charge in [-0.1, -0.05) is 37.6 Å². The summed E-state index contributed by atoms with van der Waals surface area (Å²) in [5, 5.41) is 0. The third kappa shape index (κ3) is 3.96.